The van der Waals surface area contributed by atoms with Crippen LogP contribution in [-0.4, -0.2) is 18.7 Å². The smallest absolute Gasteiger partial charge is 0.277 e. The molecule has 3 rings (SSSR count). The van der Waals surface area contributed by atoms with Gasteiger partial charge < -0.3 is 9.15 Å². The number of nitrogens with one attached hydrogen (secondary N) is 1. The second-order valence-corrected chi connectivity index (χ2v) is 5.25. The fourth-order valence-electron chi connectivity index (χ4n) is 2.23. The molecule has 0 aliphatic heterocycles. The first kappa shape index (κ1) is 17.0. The summed E-state index contributed by atoms with van der Waals surface area (Å²) >= 11 is 0. The van der Waals surface area contributed by atoms with Crippen LogP contribution in [0.25, 0.3) is 11.3 Å². The number of carbonyl (C=O) groups is 1. The van der Waals surface area contributed by atoms with Crippen molar-refractivity contribution >= 4 is 12.1 Å². The first-order valence-corrected chi connectivity index (χ1v) is 7.85. The Morgan fingerprint density at radius 2 is 1.88 bits per heavy atom. The van der Waals surface area contributed by atoms with Crippen molar-refractivity contribution in [3.05, 3.63) is 78.1 Å². The van der Waals surface area contributed by atoms with Crippen molar-refractivity contribution in [3.8, 4) is 23.1 Å². The van der Waals surface area contributed by atoms with Crippen molar-refractivity contribution in [2.45, 2.75) is 0 Å². The first-order chi connectivity index (χ1) is 12.8. The van der Waals surface area contributed by atoms with Crippen LogP contribution in [0.4, 0.5) is 0 Å². The molecule has 0 radical (unpaired) electrons. The highest BCUT2D eigenvalue weighted by atomic mass is 16.5. The molecule has 0 aliphatic carbocycles. The number of para-hydroxylation sites is 1. The van der Waals surface area contributed by atoms with Gasteiger partial charge in [-0.3, -0.25) is 4.79 Å². The van der Waals surface area contributed by atoms with Gasteiger partial charge in [-0.1, -0.05) is 30.3 Å². The number of hydrogen-bond acceptors (Lipinski definition) is 5. The van der Waals surface area contributed by atoms with Gasteiger partial charge in [-0.15, -0.1) is 0 Å². The molecule has 0 saturated carbocycles. The van der Waals surface area contributed by atoms with Gasteiger partial charge in [0.25, 0.3) is 5.91 Å². The Labute approximate surface area is 150 Å². The summed E-state index contributed by atoms with van der Waals surface area (Å²) in [5.41, 5.74) is 3.59. The molecule has 0 atom stereocenters. The van der Waals surface area contributed by atoms with Crippen LogP contribution in [0, 0.1) is 11.3 Å². The monoisotopic (exact) mass is 345 g/mol. The predicted octanol–water partition coefficient (Wildman–Crippen LogP) is 3.35. The Bertz CT molecular complexity index is 956. The molecule has 1 heterocycles. The highest BCUT2D eigenvalue weighted by Crippen LogP contribution is 2.24. The molecule has 0 unspecified atom stereocenters. The molecule has 3 aromatic rings. The quantitative estimate of drug-likeness (QED) is 0.548. The first-order valence-electron chi connectivity index (χ1n) is 7.85. The number of benzene rings is 2. The zero-order chi connectivity index (χ0) is 18.2. The average molecular weight is 345 g/mol. The fourth-order valence-corrected chi connectivity index (χ4v) is 2.23. The summed E-state index contributed by atoms with van der Waals surface area (Å²) in [7, 11) is 0. The number of rotatable bonds is 6. The molecule has 6 nitrogen and oxygen atoms in total. The van der Waals surface area contributed by atoms with Gasteiger partial charge in [0.2, 0.25) is 0 Å². The fraction of sp³-hybridized carbons (Fsp3) is 0.0500. The number of amides is 1. The Morgan fingerprint density at radius 3 is 2.69 bits per heavy atom. The normalized spacial score (nSPS) is 10.4. The molecule has 26 heavy (non-hydrogen) atoms. The van der Waals surface area contributed by atoms with Crippen LogP contribution in [0.5, 0.6) is 5.75 Å². The van der Waals surface area contributed by atoms with E-state index in [0.717, 1.165) is 0 Å². The third-order valence-electron chi connectivity index (χ3n) is 3.43. The van der Waals surface area contributed by atoms with Gasteiger partial charge in [0, 0.05) is 5.56 Å². The SMILES string of the molecule is N#Cc1ccccc1-c1ccc(/C=N\NC(=O)COc2ccccc2)o1. The summed E-state index contributed by atoms with van der Waals surface area (Å²) in [4.78, 5) is 11.7. The molecule has 1 N–H and O–H groups in total. The summed E-state index contributed by atoms with van der Waals surface area (Å²) in [5, 5.41) is 13.0. The second-order valence-electron chi connectivity index (χ2n) is 5.25. The van der Waals surface area contributed by atoms with E-state index in [1.54, 1.807) is 42.5 Å². The predicted molar refractivity (Wildman–Crippen MR) is 96.5 cm³/mol. The van der Waals surface area contributed by atoms with E-state index in [4.69, 9.17) is 14.4 Å². The van der Waals surface area contributed by atoms with Crippen molar-refractivity contribution in [3.63, 3.8) is 0 Å². The standard InChI is InChI=1S/C20H15N3O3/c21-12-15-6-4-5-9-18(15)19-11-10-17(26-19)13-22-23-20(24)14-25-16-7-2-1-3-8-16/h1-11,13H,14H2,(H,23,24)/b22-13-. The lowest BCUT2D eigenvalue weighted by atomic mass is 10.1. The topological polar surface area (TPSA) is 87.6 Å². The van der Waals surface area contributed by atoms with E-state index < -0.39 is 0 Å². The summed E-state index contributed by atoms with van der Waals surface area (Å²) in [6.07, 6.45) is 1.39. The van der Waals surface area contributed by atoms with Crippen molar-refractivity contribution < 1.29 is 13.9 Å². The van der Waals surface area contributed by atoms with Crippen molar-refractivity contribution in [1.29, 1.82) is 5.26 Å². The number of hydrogen-bond donors (Lipinski definition) is 1. The summed E-state index contributed by atoms with van der Waals surface area (Å²) in [5.74, 6) is 1.24. The summed E-state index contributed by atoms with van der Waals surface area (Å²) in [6.45, 7) is -0.139. The lowest BCUT2D eigenvalue weighted by Gasteiger charge is -2.03. The van der Waals surface area contributed by atoms with E-state index in [1.807, 2.05) is 24.3 Å². The van der Waals surface area contributed by atoms with Crippen LogP contribution in [0.1, 0.15) is 11.3 Å². The van der Waals surface area contributed by atoms with E-state index >= 15 is 0 Å². The molecule has 128 valence electrons. The minimum Gasteiger partial charge on any atom is -0.484 e. The van der Waals surface area contributed by atoms with Crippen LogP contribution in [0.15, 0.2) is 76.2 Å². The van der Waals surface area contributed by atoms with E-state index in [2.05, 4.69) is 16.6 Å². The third-order valence-corrected chi connectivity index (χ3v) is 3.43. The van der Waals surface area contributed by atoms with E-state index in [0.29, 0.717) is 28.4 Å². The van der Waals surface area contributed by atoms with Gasteiger partial charge in [0.05, 0.1) is 17.8 Å². The van der Waals surface area contributed by atoms with Crippen LogP contribution in [0.2, 0.25) is 0 Å². The summed E-state index contributed by atoms with van der Waals surface area (Å²) in [6, 6.07) is 21.8. The Morgan fingerprint density at radius 1 is 1.12 bits per heavy atom. The third kappa shape index (κ3) is 4.36. The Hall–Kier alpha value is -3.85. The molecule has 0 fully saturated rings. The molecule has 0 aliphatic rings. The van der Waals surface area contributed by atoms with E-state index in [9.17, 15) is 4.79 Å². The maximum atomic E-state index is 11.7. The molecule has 0 bridgehead atoms. The average Bonchev–Trinajstić information content (AvgIpc) is 3.16. The number of hydrazone groups is 1. The largest absolute Gasteiger partial charge is 0.484 e. The molecule has 1 aromatic heterocycles. The zero-order valence-electron chi connectivity index (χ0n) is 13.8. The van der Waals surface area contributed by atoms with Gasteiger partial charge in [-0.2, -0.15) is 10.4 Å². The Balaban J connectivity index is 1.55. The molecule has 0 saturated heterocycles. The minimum absolute atomic E-state index is 0.139. The maximum Gasteiger partial charge on any atom is 0.277 e. The molecule has 0 spiro atoms. The number of nitriles is 1. The number of nitrogens with zero attached hydrogens (tertiary/aromatic N) is 2. The van der Waals surface area contributed by atoms with Gasteiger partial charge >= 0.3 is 0 Å². The Kier molecular flexibility index (Phi) is 5.43. The molecule has 6 heteroatoms. The number of carbonyl (C=O) groups excluding carboxylic acids is 1. The van der Waals surface area contributed by atoms with Crippen molar-refractivity contribution in [2.75, 3.05) is 6.61 Å². The highest BCUT2D eigenvalue weighted by Gasteiger charge is 2.08. The van der Waals surface area contributed by atoms with Gasteiger partial charge in [0.15, 0.2) is 6.61 Å². The molecular formula is C20H15N3O3. The number of furan rings is 1. The van der Waals surface area contributed by atoms with Crippen LogP contribution < -0.4 is 10.2 Å². The lowest BCUT2D eigenvalue weighted by molar-refractivity contribution is -0.123. The highest BCUT2D eigenvalue weighted by molar-refractivity contribution is 5.82. The van der Waals surface area contributed by atoms with Gasteiger partial charge in [-0.05, 0) is 36.4 Å². The second kappa shape index (κ2) is 8.31. The van der Waals surface area contributed by atoms with E-state index in [-0.39, 0.29) is 12.5 Å². The molecule has 2 aromatic carbocycles. The summed E-state index contributed by atoms with van der Waals surface area (Å²) < 4.78 is 11.0. The van der Waals surface area contributed by atoms with Crippen LogP contribution in [-0.2, 0) is 4.79 Å². The molecule has 1 amide bonds. The zero-order valence-corrected chi connectivity index (χ0v) is 13.8. The number of ether oxygens (including phenoxy) is 1. The van der Waals surface area contributed by atoms with Gasteiger partial charge in [-0.25, -0.2) is 5.43 Å². The van der Waals surface area contributed by atoms with Crippen molar-refractivity contribution in [1.82, 2.24) is 5.43 Å². The molecular weight excluding hydrogens is 330 g/mol. The van der Waals surface area contributed by atoms with E-state index in [1.165, 1.54) is 6.21 Å². The van der Waals surface area contributed by atoms with Crippen molar-refractivity contribution in [2.24, 2.45) is 5.10 Å². The van der Waals surface area contributed by atoms with Crippen LogP contribution in [0.3, 0.4) is 0 Å². The lowest BCUT2D eigenvalue weighted by Crippen LogP contribution is -2.24. The van der Waals surface area contributed by atoms with Crippen LogP contribution >= 0.6 is 0 Å². The van der Waals surface area contributed by atoms with Gasteiger partial charge in [0.1, 0.15) is 17.3 Å². The maximum absolute atomic E-state index is 11.7. The minimum atomic E-state index is -0.383.